The van der Waals surface area contributed by atoms with Gasteiger partial charge >= 0.3 is 0 Å². The molecule has 0 aromatic carbocycles. The maximum Gasteiger partial charge on any atom is 0.126 e. The highest BCUT2D eigenvalue weighted by Gasteiger charge is 2.29. The number of hydrogen-bond acceptors (Lipinski definition) is 3. The van der Waals surface area contributed by atoms with Crippen LogP contribution in [0.15, 0.2) is 24.0 Å². The maximum atomic E-state index is 5.18. The first-order valence-electron chi connectivity index (χ1n) is 5.50. The summed E-state index contributed by atoms with van der Waals surface area (Å²) >= 11 is 0. The molecular formula is C12H22N2O. The largest absolute Gasteiger partial charge is 0.416 e. The summed E-state index contributed by atoms with van der Waals surface area (Å²) in [4.78, 5) is 7.18. The standard InChI is InChI=1S/C12H22N2O/c1-5-14-8-6-11(7-9-14)12(3,4)10(2)15-13/h6H,2,5,7-9,13H2,1,3-4H3. The van der Waals surface area contributed by atoms with Gasteiger partial charge in [0.25, 0.3) is 0 Å². The average Bonchev–Trinajstić information content (AvgIpc) is 2.28. The van der Waals surface area contributed by atoms with Gasteiger partial charge in [-0.15, -0.1) is 0 Å². The normalized spacial score (nSPS) is 18.5. The Morgan fingerprint density at radius 1 is 1.67 bits per heavy atom. The smallest absolute Gasteiger partial charge is 0.126 e. The molecular weight excluding hydrogens is 188 g/mol. The molecule has 86 valence electrons. The summed E-state index contributed by atoms with van der Waals surface area (Å²) < 4.78 is 0. The van der Waals surface area contributed by atoms with Crippen LogP contribution in [-0.2, 0) is 4.84 Å². The van der Waals surface area contributed by atoms with Crippen molar-refractivity contribution in [1.82, 2.24) is 4.90 Å². The van der Waals surface area contributed by atoms with Crippen molar-refractivity contribution in [3.8, 4) is 0 Å². The van der Waals surface area contributed by atoms with Crippen molar-refractivity contribution in [3.05, 3.63) is 24.0 Å². The molecule has 1 rings (SSSR count). The van der Waals surface area contributed by atoms with E-state index in [0.717, 1.165) is 26.1 Å². The van der Waals surface area contributed by atoms with Crippen molar-refractivity contribution in [2.45, 2.75) is 27.2 Å². The molecule has 2 N–H and O–H groups in total. The number of nitrogens with zero attached hydrogens (tertiary/aromatic N) is 1. The van der Waals surface area contributed by atoms with E-state index in [1.54, 1.807) is 0 Å². The SMILES string of the molecule is C=C(ON)C(C)(C)C1=CCN(CC)CC1. The third-order valence-electron chi connectivity index (χ3n) is 3.38. The number of likely N-dealkylation sites (N-methyl/N-ethyl adjacent to an activating group) is 1. The fraction of sp³-hybridized carbons (Fsp3) is 0.667. The molecule has 0 saturated heterocycles. The van der Waals surface area contributed by atoms with Crippen LogP contribution in [-0.4, -0.2) is 24.5 Å². The van der Waals surface area contributed by atoms with Crippen molar-refractivity contribution in [2.24, 2.45) is 11.3 Å². The van der Waals surface area contributed by atoms with Gasteiger partial charge in [-0.1, -0.05) is 25.2 Å². The predicted octanol–water partition coefficient (Wildman–Crippen LogP) is 2.07. The first-order valence-corrected chi connectivity index (χ1v) is 5.50. The first kappa shape index (κ1) is 12.3. The highest BCUT2D eigenvalue weighted by Crippen LogP contribution is 2.36. The summed E-state index contributed by atoms with van der Waals surface area (Å²) in [5.74, 6) is 5.82. The third kappa shape index (κ3) is 2.61. The molecule has 0 bridgehead atoms. The van der Waals surface area contributed by atoms with Crippen LogP contribution in [0.5, 0.6) is 0 Å². The zero-order valence-electron chi connectivity index (χ0n) is 10.0. The molecule has 0 aliphatic carbocycles. The molecule has 1 aliphatic heterocycles. The molecule has 0 fully saturated rings. The lowest BCUT2D eigenvalue weighted by Crippen LogP contribution is -2.32. The van der Waals surface area contributed by atoms with Gasteiger partial charge in [0, 0.05) is 18.5 Å². The second kappa shape index (κ2) is 4.81. The summed E-state index contributed by atoms with van der Waals surface area (Å²) in [5, 5.41) is 0. The lowest BCUT2D eigenvalue weighted by atomic mass is 9.79. The lowest BCUT2D eigenvalue weighted by molar-refractivity contribution is 0.159. The Morgan fingerprint density at radius 3 is 2.73 bits per heavy atom. The van der Waals surface area contributed by atoms with Gasteiger partial charge in [0.15, 0.2) is 0 Å². The summed E-state index contributed by atoms with van der Waals surface area (Å²) in [6.07, 6.45) is 3.35. The van der Waals surface area contributed by atoms with Crippen molar-refractivity contribution >= 4 is 0 Å². The Balaban J connectivity index is 2.73. The van der Waals surface area contributed by atoms with E-state index in [1.807, 2.05) is 0 Å². The molecule has 0 atom stereocenters. The quantitative estimate of drug-likeness (QED) is 0.438. The molecule has 3 nitrogen and oxygen atoms in total. The lowest BCUT2D eigenvalue weighted by Gasteiger charge is -2.34. The van der Waals surface area contributed by atoms with Crippen LogP contribution in [0.2, 0.25) is 0 Å². The number of rotatable bonds is 4. The zero-order chi connectivity index (χ0) is 11.5. The third-order valence-corrected chi connectivity index (χ3v) is 3.38. The van der Waals surface area contributed by atoms with Gasteiger partial charge in [-0.25, -0.2) is 0 Å². The van der Waals surface area contributed by atoms with Gasteiger partial charge < -0.3 is 4.84 Å². The number of allylic oxidation sites excluding steroid dienone is 1. The van der Waals surface area contributed by atoms with E-state index in [1.165, 1.54) is 5.57 Å². The number of hydrogen-bond donors (Lipinski definition) is 1. The van der Waals surface area contributed by atoms with Crippen molar-refractivity contribution in [3.63, 3.8) is 0 Å². The minimum atomic E-state index is -0.144. The van der Waals surface area contributed by atoms with Crippen LogP contribution in [0.1, 0.15) is 27.2 Å². The topological polar surface area (TPSA) is 38.5 Å². The molecule has 0 aromatic rings. The summed E-state index contributed by atoms with van der Waals surface area (Å²) in [7, 11) is 0. The van der Waals surface area contributed by atoms with Crippen LogP contribution in [0.25, 0.3) is 0 Å². The molecule has 15 heavy (non-hydrogen) atoms. The van der Waals surface area contributed by atoms with Crippen LogP contribution in [0.3, 0.4) is 0 Å². The van der Waals surface area contributed by atoms with E-state index in [-0.39, 0.29) is 5.41 Å². The van der Waals surface area contributed by atoms with Gasteiger partial charge in [0.1, 0.15) is 5.76 Å². The van der Waals surface area contributed by atoms with E-state index in [4.69, 9.17) is 10.7 Å². The molecule has 0 unspecified atom stereocenters. The molecule has 0 radical (unpaired) electrons. The average molecular weight is 210 g/mol. The van der Waals surface area contributed by atoms with Gasteiger partial charge in [-0.2, -0.15) is 5.90 Å². The van der Waals surface area contributed by atoms with Gasteiger partial charge in [-0.3, -0.25) is 4.90 Å². The Hall–Kier alpha value is -0.800. The van der Waals surface area contributed by atoms with E-state index in [2.05, 4.69) is 38.3 Å². The second-order valence-electron chi connectivity index (χ2n) is 4.54. The maximum absolute atomic E-state index is 5.18. The summed E-state index contributed by atoms with van der Waals surface area (Å²) in [6.45, 7) is 13.5. The van der Waals surface area contributed by atoms with Crippen LogP contribution >= 0.6 is 0 Å². The van der Waals surface area contributed by atoms with Crippen LogP contribution in [0.4, 0.5) is 0 Å². The first-order chi connectivity index (χ1) is 7.02. The Bertz CT molecular complexity index is 269. The van der Waals surface area contributed by atoms with Crippen LogP contribution < -0.4 is 5.90 Å². The molecule has 3 heteroatoms. The summed E-state index contributed by atoms with van der Waals surface area (Å²) in [5.41, 5.74) is 1.23. The van der Waals surface area contributed by atoms with Crippen molar-refractivity contribution < 1.29 is 4.84 Å². The van der Waals surface area contributed by atoms with Crippen LogP contribution in [0, 0.1) is 5.41 Å². The van der Waals surface area contributed by atoms with E-state index in [9.17, 15) is 0 Å². The fourth-order valence-electron chi connectivity index (χ4n) is 1.89. The monoisotopic (exact) mass is 210 g/mol. The van der Waals surface area contributed by atoms with Gasteiger partial charge in [0.05, 0.1) is 0 Å². The molecule has 0 spiro atoms. The Labute approximate surface area is 92.5 Å². The molecule has 0 saturated carbocycles. The molecule has 1 aliphatic rings. The van der Waals surface area contributed by atoms with E-state index >= 15 is 0 Å². The predicted molar refractivity (Wildman–Crippen MR) is 63.0 cm³/mol. The minimum absolute atomic E-state index is 0.144. The van der Waals surface area contributed by atoms with Crippen molar-refractivity contribution in [2.75, 3.05) is 19.6 Å². The zero-order valence-corrected chi connectivity index (χ0v) is 10.0. The Kier molecular flexibility index (Phi) is 3.94. The highest BCUT2D eigenvalue weighted by molar-refractivity contribution is 5.24. The summed E-state index contributed by atoms with van der Waals surface area (Å²) in [6, 6.07) is 0. The molecule has 0 aromatic heterocycles. The van der Waals surface area contributed by atoms with Gasteiger partial charge in [0.2, 0.25) is 0 Å². The fourth-order valence-corrected chi connectivity index (χ4v) is 1.89. The van der Waals surface area contributed by atoms with E-state index < -0.39 is 0 Å². The minimum Gasteiger partial charge on any atom is -0.416 e. The second-order valence-corrected chi connectivity index (χ2v) is 4.54. The highest BCUT2D eigenvalue weighted by atomic mass is 16.6. The van der Waals surface area contributed by atoms with Gasteiger partial charge in [-0.05, 0) is 26.8 Å². The molecule has 1 heterocycles. The Morgan fingerprint density at radius 2 is 2.33 bits per heavy atom. The van der Waals surface area contributed by atoms with Crippen molar-refractivity contribution in [1.29, 1.82) is 0 Å². The molecule has 0 amide bonds. The number of nitrogens with two attached hydrogens (primary N) is 1. The van der Waals surface area contributed by atoms with E-state index in [0.29, 0.717) is 5.76 Å².